The Labute approximate surface area is 187 Å². The van der Waals surface area contributed by atoms with Crippen molar-refractivity contribution in [1.29, 1.82) is 0 Å². The molecule has 0 bridgehead atoms. The Balaban J connectivity index is 1.85. The van der Waals surface area contributed by atoms with Gasteiger partial charge in [-0.1, -0.05) is 79.5 Å². The van der Waals surface area contributed by atoms with Gasteiger partial charge in [-0.25, -0.2) is 0 Å². The third-order valence-corrected chi connectivity index (χ3v) is 5.83. The van der Waals surface area contributed by atoms with E-state index < -0.39 is 6.04 Å². The third-order valence-electron chi connectivity index (χ3n) is 5.60. The molecule has 1 unspecified atom stereocenters. The molecule has 1 N–H and O–H groups in total. The van der Waals surface area contributed by atoms with Crippen molar-refractivity contribution in [2.24, 2.45) is 0 Å². The van der Waals surface area contributed by atoms with Crippen LogP contribution in [0.4, 0.5) is 0 Å². The van der Waals surface area contributed by atoms with Gasteiger partial charge >= 0.3 is 0 Å². The summed E-state index contributed by atoms with van der Waals surface area (Å²) in [7, 11) is 0. The second-order valence-corrected chi connectivity index (χ2v) is 8.18. The van der Waals surface area contributed by atoms with Crippen molar-refractivity contribution in [3.63, 3.8) is 0 Å². The van der Waals surface area contributed by atoms with Crippen LogP contribution in [0.15, 0.2) is 72.8 Å². The van der Waals surface area contributed by atoms with Crippen LogP contribution in [0.2, 0.25) is 5.02 Å². The minimum Gasteiger partial charge on any atom is -0.354 e. The molecule has 4 nitrogen and oxygen atoms in total. The molecule has 31 heavy (non-hydrogen) atoms. The van der Waals surface area contributed by atoms with Crippen LogP contribution in [-0.2, 0) is 11.3 Å². The lowest BCUT2D eigenvalue weighted by Gasteiger charge is -2.30. The molecule has 2 amide bonds. The Morgan fingerprint density at radius 2 is 1.68 bits per heavy atom. The summed E-state index contributed by atoms with van der Waals surface area (Å²) in [6, 6.07) is 22.0. The van der Waals surface area contributed by atoms with E-state index in [4.69, 9.17) is 11.6 Å². The SMILES string of the molecule is CCCCNC(=O)C1c2ccccc2-c2ccccc2C(=O)N1Cc1cccc(Cl)c1. The highest BCUT2D eigenvalue weighted by molar-refractivity contribution is 6.30. The molecule has 0 spiro atoms. The maximum absolute atomic E-state index is 13.8. The van der Waals surface area contributed by atoms with Gasteiger partial charge in [-0.3, -0.25) is 9.59 Å². The first-order valence-electron chi connectivity index (χ1n) is 10.6. The van der Waals surface area contributed by atoms with E-state index in [1.54, 1.807) is 11.0 Å². The minimum absolute atomic E-state index is 0.163. The first-order chi connectivity index (χ1) is 15.1. The number of fused-ring (bicyclic) bond motifs is 3. The number of carbonyl (C=O) groups excluding carboxylic acids is 2. The molecule has 0 saturated carbocycles. The van der Waals surface area contributed by atoms with Gasteiger partial charge in [0, 0.05) is 23.7 Å². The molecule has 1 aliphatic rings. The van der Waals surface area contributed by atoms with Crippen molar-refractivity contribution < 1.29 is 9.59 Å². The van der Waals surface area contributed by atoms with Gasteiger partial charge in [-0.05, 0) is 46.9 Å². The summed E-state index contributed by atoms with van der Waals surface area (Å²) in [6.45, 7) is 2.95. The number of nitrogens with zero attached hydrogens (tertiary/aromatic N) is 1. The van der Waals surface area contributed by atoms with Gasteiger partial charge in [-0.2, -0.15) is 0 Å². The van der Waals surface area contributed by atoms with E-state index in [-0.39, 0.29) is 18.4 Å². The summed E-state index contributed by atoms with van der Waals surface area (Å²) in [5, 5.41) is 3.64. The van der Waals surface area contributed by atoms with Gasteiger partial charge in [0.25, 0.3) is 5.91 Å². The first kappa shape index (κ1) is 21.1. The second-order valence-electron chi connectivity index (χ2n) is 7.74. The Kier molecular flexibility index (Phi) is 6.38. The van der Waals surface area contributed by atoms with Crippen LogP contribution in [0.25, 0.3) is 11.1 Å². The van der Waals surface area contributed by atoms with Crippen LogP contribution in [-0.4, -0.2) is 23.3 Å². The molecule has 1 atom stereocenters. The van der Waals surface area contributed by atoms with Crippen molar-refractivity contribution in [3.05, 3.63) is 94.5 Å². The molecular formula is C26H25ClN2O2. The van der Waals surface area contributed by atoms with Crippen LogP contribution < -0.4 is 5.32 Å². The highest BCUT2D eigenvalue weighted by Gasteiger charge is 2.37. The van der Waals surface area contributed by atoms with Crippen LogP contribution in [0.5, 0.6) is 0 Å². The summed E-state index contributed by atoms with van der Waals surface area (Å²) >= 11 is 6.19. The molecule has 5 heteroatoms. The normalized spacial score (nSPS) is 15.1. The first-order valence-corrected chi connectivity index (χ1v) is 11.0. The summed E-state index contributed by atoms with van der Waals surface area (Å²) < 4.78 is 0. The lowest BCUT2D eigenvalue weighted by Crippen LogP contribution is -2.43. The molecule has 158 valence electrons. The average Bonchev–Trinajstić information content (AvgIpc) is 2.88. The molecule has 4 rings (SSSR count). The molecular weight excluding hydrogens is 408 g/mol. The zero-order valence-electron chi connectivity index (χ0n) is 17.5. The molecule has 3 aromatic rings. The summed E-state index contributed by atoms with van der Waals surface area (Å²) in [4.78, 5) is 28.8. The van der Waals surface area contributed by atoms with Crippen LogP contribution in [0.1, 0.15) is 47.3 Å². The molecule has 1 aliphatic heterocycles. The number of rotatable bonds is 6. The third kappa shape index (κ3) is 4.35. The minimum atomic E-state index is -0.730. The fraction of sp³-hybridized carbons (Fsp3) is 0.231. The predicted octanol–water partition coefficient (Wildman–Crippen LogP) is 5.62. The van der Waals surface area contributed by atoms with Crippen LogP contribution >= 0.6 is 11.6 Å². The number of carbonyl (C=O) groups is 2. The van der Waals surface area contributed by atoms with Gasteiger partial charge < -0.3 is 10.2 Å². The number of benzene rings is 3. The van der Waals surface area contributed by atoms with E-state index in [1.165, 1.54) is 0 Å². The zero-order chi connectivity index (χ0) is 21.8. The van der Waals surface area contributed by atoms with Crippen molar-refractivity contribution >= 4 is 23.4 Å². The maximum Gasteiger partial charge on any atom is 0.255 e. The molecule has 1 heterocycles. The number of hydrogen-bond donors (Lipinski definition) is 1. The zero-order valence-corrected chi connectivity index (χ0v) is 18.2. The smallest absolute Gasteiger partial charge is 0.255 e. The standard InChI is InChI=1S/C26H25ClN2O2/c1-2-3-15-28-25(30)24-22-13-6-4-11-20(22)21-12-5-7-14-23(21)26(31)29(24)17-18-9-8-10-19(27)16-18/h4-14,16,24H,2-3,15,17H2,1H3,(H,28,30). The van der Waals surface area contributed by atoms with E-state index in [9.17, 15) is 9.59 Å². The van der Waals surface area contributed by atoms with Crippen molar-refractivity contribution in [3.8, 4) is 11.1 Å². The topological polar surface area (TPSA) is 49.4 Å². The van der Waals surface area contributed by atoms with E-state index in [1.807, 2.05) is 66.7 Å². The van der Waals surface area contributed by atoms with Gasteiger partial charge in [0.15, 0.2) is 0 Å². The summed E-state index contributed by atoms with van der Waals surface area (Å²) in [5.41, 5.74) is 4.07. The van der Waals surface area contributed by atoms with Crippen LogP contribution in [0, 0.1) is 0 Å². The Morgan fingerprint density at radius 1 is 0.968 bits per heavy atom. The lowest BCUT2D eigenvalue weighted by atomic mass is 9.93. The van der Waals surface area contributed by atoms with Gasteiger partial charge in [0.05, 0.1) is 0 Å². The fourth-order valence-electron chi connectivity index (χ4n) is 4.09. The van der Waals surface area contributed by atoms with Crippen molar-refractivity contribution in [1.82, 2.24) is 10.2 Å². The van der Waals surface area contributed by atoms with Crippen molar-refractivity contribution in [2.45, 2.75) is 32.4 Å². The number of hydrogen-bond acceptors (Lipinski definition) is 2. The van der Waals surface area contributed by atoms with E-state index >= 15 is 0 Å². The monoisotopic (exact) mass is 432 g/mol. The van der Waals surface area contributed by atoms with Gasteiger partial charge in [0.2, 0.25) is 5.91 Å². The van der Waals surface area contributed by atoms with E-state index in [0.29, 0.717) is 17.1 Å². The largest absolute Gasteiger partial charge is 0.354 e. The summed E-state index contributed by atoms with van der Waals surface area (Å²) in [5.74, 6) is -0.327. The number of unbranched alkanes of at least 4 members (excludes halogenated alkanes) is 1. The van der Waals surface area contributed by atoms with E-state index in [2.05, 4.69) is 12.2 Å². The molecule has 3 aromatic carbocycles. The molecule has 0 fully saturated rings. The Hall–Kier alpha value is -3.11. The second kappa shape index (κ2) is 9.36. The summed E-state index contributed by atoms with van der Waals surface area (Å²) in [6.07, 6.45) is 1.88. The maximum atomic E-state index is 13.8. The lowest BCUT2D eigenvalue weighted by molar-refractivity contribution is -0.126. The number of halogens is 1. The quantitative estimate of drug-likeness (QED) is 0.514. The number of nitrogens with one attached hydrogen (secondary N) is 1. The average molecular weight is 433 g/mol. The molecule has 0 saturated heterocycles. The Bertz CT molecular complexity index is 1110. The molecule has 0 aromatic heterocycles. The Morgan fingerprint density at radius 3 is 2.42 bits per heavy atom. The van der Waals surface area contributed by atoms with Gasteiger partial charge in [-0.15, -0.1) is 0 Å². The fourth-order valence-corrected chi connectivity index (χ4v) is 4.30. The highest BCUT2D eigenvalue weighted by Crippen LogP contribution is 2.39. The number of amides is 2. The van der Waals surface area contributed by atoms with Crippen LogP contribution in [0.3, 0.4) is 0 Å². The van der Waals surface area contributed by atoms with Crippen molar-refractivity contribution in [2.75, 3.05) is 6.54 Å². The molecule has 0 radical (unpaired) electrons. The van der Waals surface area contributed by atoms with E-state index in [0.717, 1.165) is 35.1 Å². The van der Waals surface area contributed by atoms with Gasteiger partial charge in [0.1, 0.15) is 6.04 Å². The molecule has 0 aliphatic carbocycles. The highest BCUT2D eigenvalue weighted by atomic mass is 35.5. The predicted molar refractivity (Wildman–Crippen MR) is 124 cm³/mol.